The molecule has 1 aliphatic rings. The van der Waals surface area contributed by atoms with Gasteiger partial charge in [0.2, 0.25) is 0 Å². The Labute approximate surface area is 121 Å². The maximum atomic E-state index is 12.5. The van der Waals surface area contributed by atoms with Crippen molar-refractivity contribution in [3.8, 4) is 0 Å². The Morgan fingerprint density at radius 3 is 2.70 bits per heavy atom. The predicted molar refractivity (Wildman–Crippen MR) is 80.1 cm³/mol. The number of pyridine rings is 1. The number of rotatable bonds is 5. The van der Waals surface area contributed by atoms with Crippen LogP contribution in [0.15, 0.2) is 23.4 Å². The third-order valence-corrected chi connectivity index (χ3v) is 5.61. The summed E-state index contributed by atoms with van der Waals surface area (Å²) in [6.07, 6.45) is 3.47. The van der Waals surface area contributed by atoms with E-state index in [2.05, 4.69) is 28.9 Å². The van der Waals surface area contributed by atoms with Crippen molar-refractivity contribution in [1.29, 1.82) is 0 Å². The normalized spacial score (nSPS) is 26.6. The number of anilines is 1. The van der Waals surface area contributed by atoms with Crippen LogP contribution in [0, 0.1) is 11.8 Å². The molecular weight excluding hydrogens is 274 g/mol. The predicted octanol–water partition coefficient (Wildman–Crippen LogP) is 2.23. The molecule has 1 aliphatic carbocycles. The van der Waals surface area contributed by atoms with Crippen LogP contribution in [0.4, 0.5) is 5.69 Å². The third-order valence-electron chi connectivity index (χ3n) is 4.16. The molecule has 2 rings (SSSR count). The fourth-order valence-electron chi connectivity index (χ4n) is 2.72. The first-order valence-corrected chi connectivity index (χ1v) is 8.65. The Morgan fingerprint density at radius 1 is 1.35 bits per heavy atom. The molecule has 0 amide bonds. The van der Waals surface area contributed by atoms with Gasteiger partial charge in [-0.1, -0.05) is 13.8 Å². The van der Waals surface area contributed by atoms with Crippen molar-refractivity contribution in [2.24, 2.45) is 11.8 Å². The lowest BCUT2D eigenvalue weighted by atomic mass is 9.98. The van der Waals surface area contributed by atoms with Gasteiger partial charge in [-0.25, -0.2) is 18.1 Å². The van der Waals surface area contributed by atoms with E-state index in [0.29, 0.717) is 24.1 Å². The molecule has 0 radical (unpaired) electrons. The second kappa shape index (κ2) is 6.10. The van der Waals surface area contributed by atoms with Crippen LogP contribution in [0.5, 0.6) is 0 Å². The first kappa shape index (κ1) is 15.3. The van der Waals surface area contributed by atoms with Gasteiger partial charge in [0.25, 0.3) is 10.0 Å². The molecule has 112 valence electrons. The molecule has 1 aromatic rings. The van der Waals surface area contributed by atoms with Crippen molar-refractivity contribution >= 4 is 15.7 Å². The zero-order chi connectivity index (χ0) is 14.8. The average Bonchev–Trinajstić information content (AvgIpc) is 2.71. The fourth-order valence-corrected chi connectivity index (χ4v) is 4.19. The van der Waals surface area contributed by atoms with Crippen LogP contribution < -0.4 is 10.0 Å². The molecule has 1 saturated carbocycles. The first-order valence-electron chi connectivity index (χ1n) is 7.17. The van der Waals surface area contributed by atoms with E-state index in [4.69, 9.17) is 0 Å². The highest BCUT2D eigenvalue weighted by molar-refractivity contribution is 7.89. The molecule has 2 N–H and O–H groups in total. The van der Waals surface area contributed by atoms with E-state index in [1.807, 2.05) is 6.92 Å². The summed E-state index contributed by atoms with van der Waals surface area (Å²) >= 11 is 0. The van der Waals surface area contributed by atoms with Gasteiger partial charge in [-0.3, -0.25) is 0 Å². The lowest BCUT2D eigenvalue weighted by molar-refractivity contribution is 0.402. The Balaban J connectivity index is 2.23. The highest BCUT2D eigenvalue weighted by Gasteiger charge is 2.34. The van der Waals surface area contributed by atoms with Crippen LogP contribution in [0.25, 0.3) is 0 Å². The fraction of sp³-hybridized carbons (Fsp3) is 0.643. The van der Waals surface area contributed by atoms with E-state index >= 15 is 0 Å². The lowest BCUT2D eigenvalue weighted by Gasteiger charge is -2.20. The van der Waals surface area contributed by atoms with Gasteiger partial charge in [0, 0.05) is 18.8 Å². The highest BCUT2D eigenvalue weighted by Crippen LogP contribution is 2.32. The molecular formula is C14H23N3O2S. The zero-order valence-corrected chi connectivity index (χ0v) is 13.1. The number of nitrogens with zero attached hydrogens (tertiary/aromatic N) is 1. The third kappa shape index (κ3) is 3.12. The maximum Gasteiger partial charge on any atom is 0.260 e. The Hall–Kier alpha value is -1.14. The van der Waals surface area contributed by atoms with Crippen molar-refractivity contribution < 1.29 is 8.42 Å². The van der Waals surface area contributed by atoms with Gasteiger partial charge in [-0.2, -0.15) is 0 Å². The summed E-state index contributed by atoms with van der Waals surface area (Å²) in [6, 6.07) is 3.48. The highest BCUT2D eigenvalue weighted by atomic mass is 32.2. The molecule has 6 heteroatoms. The monoisotopic (exact) mass is 297 g/mol. The van der Waals surface area contributed by atoms with Crippen molar-refractivity contribution in [3.05, 3.63) is 18.3 Å². The molecule has 0 spiro atoms. The number of hydrogen-bond acceptors (Lipinski definition) is 4. The number of sulfonamides is 1. The van der Waals surface area contributed by atoms with E-state index in [9.17, 15) is 8.42 Å². The second-order valence-corrected chi connectivity index (χ2v) is 7.16. The van der Waals surface area contributed by atoms with Crippen molar-refractivity contribution in [3.63, 3.8) is 0 Å². The first-order chi connectivity index (χ1) is 9.45. The molecule has 1 aromatic heterocycles. The van der Waals surface area contributed by atoms with Gasteiger partial charge in [0.1, 0.15) is 0 Å². The van der Waals surface area contributed by atoms with Gasteiger partial charge < -0.3 is 5.32 Å². The van der Waals surface area contributed by atoms with Gasteiger partial charge in [-0.15, -0.1) is 0 Å². The minimum atomic E-state index is -3.58. The quantitative estimate of drug-likeness (QED) is 0.874. The Kier molecular flexibility index (Phi) is 4.65. The molecule has 3 atom stereocenters. The molecule has 0 aromatic carbocycles. The molecule has 0 bridgehead atoms. The molecule has 3 unspecified atom stereocenters. The molecule has 1 fully saturated rings. The average molecular weight is 297 g/mol. The summed E-state index contributed by atoms with van der Waals surface area (Å²) in [5.74, 6) is 0.913. The largest absolute Gasteiger partial charge is 0.383 e. The van der Waals surface area contributed by atoms with Gasteiger partial charge in [-0.05, 0) is 43.7 Å². The van der Waals surface area contributed by atoms with E-state index in [-0.39, 0.29) is 11.1 Å². The van der Waals surface area contributed by atoms with Gasteiger partial charge in [0.15, 0.2) is 5.03 Å². The van der Waals surface area contributed by atoms with Crippen molar-refractivity contribution in [2.75, 3.05) is 11.9 Å². The van der Waals surface area contributed by atoms with E-state index in [1.54, 1.807) is 12.1 Å². The molecule has 5 nitrogen and oxygen atoms in total. The summed E-state index contributed by atoms with van der Waals surface area (Å²) < 4.78 is 27.9. The van der Waals surface area contributed by atoms with Crippen molar-refractivity contribution in [1.82, 2.24) is 9.71 Å². The summed E-state index contributed by atoms with van der Waals surface area (Å²) in [5.41, 5.74) is 0.557. The van der Waals surface area contributed by atoms with Crippen LogP contribution in [0.1, 0.15) is 33.6 Å². The maximum absolute atomic E-state index is 12.5. The van der Waals surface area contributed by atoms with Gasteiger partial charge in [0.05, 0.1) is 5.69 Å². The van der Waals surface area contributed by atoms with Gasteiger partial charge >= 0.3 is 0 Å². The summed E-state index contributed by atoms with van der Waals surface area (Å²) in [4.78, 5) is 4.04. The van der Waals surface area contributed by atoms with E-state index in [1.165, 1.54) is 6.20 Å². The molecule has 0 aliphatic heterocycles. The zero-order valence-electron chi connectivity index (χ0n) is 12.3. The van der Waals surface area contributed by atoms with Crippen LogP contribution in [0.2, 0.25) is 0 Å². The van der Waals surface area contributed by atoms with E-state index in [0.717, 1.165) is 12.8 Å². The summed E-state index contributed by atoms with van der Waals surface area (Å²) in [5, 5.41) is 3.14. The number of nitrogens with one attached hydrogen (secondary N) is 2. The van der Waals surface area contributed by atoms with E-state index < -0.39 is 10.0 Å². The molecule has 0 saturated heterocycles. The van der Waals surface area contributed by atoms with Crippen LogP contribution >= 0.6 is 0 Å². The summed E-state index contributed by atoms with van der Waals surface area (Å²) in [7, 11) is -3.58. The molecule has 20 heavy (non-hydrogen) atoms. The smallest absolute Gasteiger partial charge is 0.260 e. The lowest BCUT2D eigenvalue weighted by Crippen LogP contribution is -2.38. The Morgan fingerprint density at radius 2 is 2.10 bits per heavy atom. The summed E-state index contributed by atoms with van der Waals surface area (Å²) in [6.45, 7) is 6.86. The SMILES string of the molecule is CCNc1cccnc1S(=O)(=O)NC1CCC(C)C1C. The standard InChI is InChI=1S/C14H23N3O2S/c1-4-15-13-6-5-9-16-14(13)20(18,19)17-12-8-7-10(2)11(12)3/h5-6,9-12,15,17H,4,7-8H2,1-3H3. The molecule has 1 heterocycles. The number of aromatic nitrogens is 1. The van der Waals surface area contributed by atoms with Crippen LogP contribution in [0.3, 0.4) is 0 Å². The van der Waals surface area contributed by atoms with Crippen molar-refractivity contribution in [2.45, 2.75) is 44.7 Å². The minimum Gasteiger partial charge on any atom is -0.383 e. The Bertz CT molecular complexity index is 559. The van der Waals surface area contributed by atoms with Crippen LogP contribution in [-0.2, 0) is 10.0 Å². The minimum absolute atomic E-state index is 0.00600. The topological polar surface area (TPSA) is 71.1 Å². The second-order valence-electron chi connectivity index (χ2n) is 5.53. The number of hydrogen-bond donors (Lipinski definition) is 2. The van der Waals surface area contributed by atoms with Crippen LogP contribution in [-0.4, -0.2) is 26.0 Å².